The van der Waals surface area contributed by atoms with Crippen LogP contribution in [-0.2, 0) is 16.0 Å². The van der Waals surface area contributed by atoms with E-state index in [2.05, 4.69) is 26.8 Å². The molecule has 0 aliphatic heterocycles. The molecule has 0 atom stereocenters. The van der Waals surface area contributed by atoms with Crippen LogP contribution in [0.4, 0.5) is 20.6 Å². The summed E-state index contributed by atoms with van der Waals surface area (Å²) in [5, 5.41) is 18.6. The minimum absolute atomic E-state index is 0.0869. The number of halogens is 1. The Morgan fingerprint density at radius 3 is 2.61 bits per heavy atom. The quantitative estimate of drug-likeness (QED) is 0.596. The number of aryl methyl sites for hydroxylation is 2. The summed E-state index contributed by atoms with van der Waals surface area (Å²) in [5.74, 6) is -0.932. The number of rotatable bonds is 5. The zero-order chi connectivity index (χ0) is 24.3. The average Bonchev–Trinajstić information content (AvgIpc) is 3.11. The Kier molecular flexibility index (Phi) is 6.62. The molecule has 33 heavy (non-hydrogen) atoms. The van der Waals surface area contributed by atoms with Gasteiger partial charge in [0, 0.05) is 17.8 Å². The van der Waals surface area contributed by atoms with Gasteiger partial charge in [-0.05, 0) is 64.8 Å². The Labute approximate surface area is 190 Å². The van der Waals surface area contributed by atoms with E-state index in [1.54, 1.807) is 25.3 Å². The van der Waals surface area contributed by atoms with Gasteiger partial charge >= 0.3 is 6.09 Å². The molecule has 0 unspecified atom stereocenters. The number of hydrogen-bond donors (Lipinski definition) is 2. The molecule has 3 aromatic rings. The number of amides is 2. The van der Waals surface area contributed by atoms with E-state index in [9.17, 15) is 19.2 Å². The van der Waals surface area contributed by atoms with Crippen molar-refractivity contribution in [2.45, 2.75) is 53.1 Å². The van der Waals surface area contributed by atoms with Crippen molar-refractivity contribution in [3.8, 4) is 6.07 Å². The summed E-state index contributed by atoms with van der Waals surface area (Å²) in [6.07, 6.45) is 1.18. The summed E-state index contributed by atoms with van der Waals surface area (Å²) in [7, 11) is 0. The van der Waals surface area contributed by atoms with Crippen molar-refractivity contribution >= 4 is 29.0 Å². The van der Waals surface area contributed by atoms with E-state index < -0.39 is 17.5 Å². The summed E-state index contributed by atoms with van der Waals surface area (Å²) in [6.45, 7) is 8.82. The fourth-order valence-electron chi connectivity index (χ4n) is 3.35. The van der Waals surface area contributed by atoms with Crippen LogP contribution < -0.4 is 10.6 Å². The van der Waals surface area contributed by atoms with Crippen molar-refractivity contribution in [1.82, 2.24) is 14.6 Å². The maximum atomic E-state index is 13.8. The van der Waals surface area contributed by atoms with Gasteiger partial charge in [-0.25, -0.2) is 18.7 Å². The summed E-state index contributed by atoms with van der Waals surface area (Å²) in [4.78, 5) is 29.2. The predicted molar refractivity (Wildman–Crippen MR) is 120 cm³/mol. The van der Waals surface area contributed by atoms with Crippen LogP contribution >= 0.6 is 0 Å². The lowest BCUT2D eigenvalue weighted by Crippen LogP contribution is -2.27. The number of aromatic nitrogens is 3. The van der Waals surface area contributed by atoms with Crippen LogP contribution in [-0.4, -0.2) is 32.2 Å². The molecular formula is C23H25FN6O3. The molecule has 0 saturated heterocycles. The number of carbonyl (C=O) groups excluding carboxylic acids is 2. The molecule has 2 N–H and O–H groups in total. The number of nitrogens with one attached hydrogen (secondary N) is 2. The van der Waals surface area contributed by atoms with Crippen LogP contribution in [0.1, 0.15) is 49.7 Å². The van der Waals surface area contributed by atoms with E-state index in [1.165, 1.54) is 18.3 Å². The molecule has 10 heteroatoms. The highest BCUT2D eigenvalue weighted by atomic mass is 19.1. The molecule has 172 valence electrons. The molecule has 2 aromatic heterocycles. The second kappa shape index (κ2) is 9.24. The van der Waals surface area contributed by atoms with Gasteiger partial charge in [0.15, 0.2) is 5.65 Å². The van der Waals surface area contributed by atoms with Gasteiger partial charge in [-0.15, -0.1) is 0 Å². The topological polar surface area (TPSA) is 121 Å². The van der Waals surface area contributed by atoms with Crippen LogP contribution in [0.3, 0.4) is 0 Å². The Hall–Kier alpha value is -4.00. The SMILES string of the molecule is Cc1nc2c(C#N)cnn2c(C)c1CCC(=O)Nc1cc(F)ccc1NC(=O)OC(C)(C)C. The second-order valence-corrected chi connectivity index (χ2v) is 8.53. The zero-order valence-electron chi connectivity index (χ0n) is 19.1. The van der Waals surface area contributed by atoms with Crippen molar-refractivity contribution in [3.63, 3.8) is 0 Å². The van der Waals surface area contributed by atoms with E-state index in [1.807, 2.05) is 13.8 Å². The first kappa shape index (κ1) is 23.7. The largest absolute Gasteiger partial charge is 0.444 e. The van der Waals surface area contributed by atoms with E-state index >= 15 is 0 Å². The van der Waals surface area contributed by atoms with Gasteiger partial charge in [0.2, 0.25) is 5.91 Å². The number of nitrogens with zero attached hydrogens (tertiary/aromatic N) is 4. The minimum Gasteiger partial charge on any atom is -0.444 e. The molecule has 1 aromatic carbocycles. The molecule has 2 amide bonds. The lowest BCUT2D eigenvalue weighted by molar-refractivity contribution is -0.116. The summed E-state index contributed by atoms with van der Waals surface area (Å²) in [6, 6.07) is 5.71. The van der Waals surface area contributed by atoms with Crippen LogP contribution in [0.2, 0.25) is 0 Å². The first-order valence-electron chi connectivity index (χ1n) is 10.3. The van der Waals surface area contributed by atoms with Gasteiger partial charge < -0.3 is 10.1 Å². The number of benzene rings is 1. The highest BCUT2D eigenvalue weighted by Crippen LogP contribution is 2.25. The number of hydrogen-bond acceptors (Lipinski definition) is 6. The van der Waals surface area contributed by atoms with E-state index in [4.69, 9.17) is 4.74 Å². The van der Waals surface area contributed by atoms with Gasteiger partial charge in [0.25, 0.3) is 0 Å². The predicted octanol–water partition coefficient (Wildman–Crippen LogP) is 4.28. The summed E-state index contributed by atoms with van der Waals surface area (Å²) < 4.78 is 20.6. The second-order valence-electron chi connectivity index (χ2n) is 8.53. The van der Waals surface area contributed by atoms with Crippen molar-refractivity contribution < 1.29 is 18.7 Å². The van der Waals surface area contributed by atoms with Crippen LogP contribution in [0.5, 0.6) is 0 Å². The Morgan fingerprint density at radius 1 is 1.21 bits per heavy atom. The number of nitriles is 1. The highest BCUT2D eigenvalue weighted by Gasteiger charge is 2.19. The number of carbonyl (C=O) groups is 2. The summed E-state index contributed by atoms with van der Waals surface area (Å²) >= 11 is 0. The molecule has 0 radical (unpaired) electrons. The molecule has 3 rings (SSSR count). The minimum atomic E-state index is -0.716. The van der Waals surface area contributed by atoms with Gasteiger partial charge in [-0.3, -0.25) is 10.1 Å². The Balaban J connectivity index is 1.74. The molecule has 0 fully saturated rings. The maximum absolute atomic E-state index is 13.8. The normalized spacial score (nSPS) is 11.2. The van der Waals surface area contributed by atoms with Gasteiger partial charge in [-0.2, -0.15) is 10.4 Å². The van der Waals surface area contributed by atoms with Crippen LogP contribution in [0.15, 0.2) is 24.4 Å². The molecule has 9 nitrogen and oxygen atoms in total. The molecular weight excluding hydrogens is 427 g/mol. The first-order valence-corrected chi connectivity index (χ1v) is 10.3. The lowest BCUT2D eigenvalue weighted by atomic mass is 10.1. The number of fused-ring (bicyclic) bond motifs is 1. The fourth-order valence-corrected chi connectivity index (χ4v) is 3.35. The smallest absolute Gasteiger partial charge is 0.412 e. The van der Waals surface area contributed by atoms with Gasteiger partial charge in [-0.1, -0.05) is 0 Å². The molecule has 0 aliphatic rings. The van der Waals surface area contributed by atoms with Crippen molar-refractivity contribution in [2.75, 3.05) is 10.6 Å². The third-order valence-corrected chi connectivity index (χ3v) is 4.82. The molecule has 0 saturated carbocycles. The first-order chi connectivity index (χ1) is 15.5. The van der Waals surface area contributed by atoms with Crippen molar-refractivity contribution in [1.29, 1.82) is 5.26 Å². The number of anilines is 2. The summed E-state index contributed by atoms with van der Waals surface area (Å²) in [5.41, 5.74) is 2.79. The fraction of sp³-hybridized carbons (Fsp3) is 0.348. The van der Waals surface area contributed by atoms with Crippen LogP contribution in [0, 0.1) is 31.0 Å². The van der Waals surface area contributed by atoms with Gasteiger partial charge in [0.1, 0.15) is 23.1 Å². The molecule has 2 heterocycles. The third kappa shape index (κ3) is 5.63. The number of ether oxygens (including phenoxy) is 1. The van der Waals surface area contributed by atoms with Gasteiger partial charge in [0.05, 0.1) is 17.6 Å². The Morgan fingerprint density at radius 2 is 1.94 bits per heavy atom. The third-order valence-electron chi connectivity index (χ3n) is 4.82. The maximum Gasteiger partial charge on any atom is 0.412 e. The lowest BCUT2D eigenvalue weighted by Gasteiger charge is -2.20. The molecule has 0 bridgehead atoms. The Bertz CT molecular complexity index is 1270. The zero-order valence-corrected chi connectivity index (χ0v) is 19.1. The molecule has 0 spiro atoms. The van der Waals surface area contributed by atoms with Crippen LogP contribution in [0.25, 0.3) is 5.65 Å². The van der Waals surface area contributed by atoms with Crippen molar-refractivity contribution in [3.05, 3.63) is 52.7 Å². The van der Waals surface area contributed by atoms with E-state index in [0.29, 0.717) is 23.3 Å². The van der Waals surface area contributed by atoms with E-state index in [0.717, 1.165) is 17.3 Å². The average molecular weight is 452 g/mol. The monoisotopic (exact) mass is 452 g/mol. The van der Waals surface area contributed by atoms with Crippen molar-refractivity contribution in [2.24, 2.45) is 0 Å². The molecule has 0 aliphatic carbocycles. The van der Waals surface area contributed by atoms with E-state index in [-0.39, 0.29) is 23.7 Å². The highest BCUT2D eigenvalue weighted by molar-refractivity contribution is 5.97. The standard InChI is InChI=1S/C23H25FN6O3/c1-13-17(14(2)30-21(27-13)15(11-25)12-26-30)7-9-20(31)28-19-10-16(24)6-8-18(19)29-22(32)33-23(3,4)5/h6,8,10,12H,7,9H2,1-5H3,(H,28,31)(H,29,32).